The average Bonchev–Trinajstić information content (AvgIpc) is 3.08. The van der Waals surface area contributed by atoms with E-state index in [1.807, 2.05) is 6.92 Å². The molecule has 0 bridgehead atoms. The Bertz CT molecular complexity index is 591. The van der Waals surface area contributed by atoms with Crippen LogP contribution in [0, 0.1) is 0 Å². The molecular formula is C13H14N2O4S. The lowest BCUT2D eigenvalue weighted by molar-refractivity contribution is -0.139. The van der Waals surface area contributed by atoms with Gasteiger partial charge in [0.25, 0.3) is 5.91 Å². The van der Waals surface area contributed by atoms with Gasteiger partial charge >= 0.3 is 5.97 Å². The first-order chi connectivity index (χ1) is 9.61. The van der Waals surface area contributed by atoms with Crippen molar-refractivity contribution in [1.29, 1.82) is 0 Å². The summed E-state index contributed by atoms with van der Waals surface area (Å²) in [6.07, 6.45) is 4.02. The normalized spacial score (nSPS) is 12.1. The van der Waals surface area contributed by atoms with Crippen LogP contribution < -0.4 is 5.32 Å². The van der Waals surface area contributed by atoms with E-state index in [0.717, 1.165) is 11.3 Å². The molecule has 2 aromatic heterocycles. The van der Waals surface area contributed by atoms with Crippen molar-refractivity contribution < 1.29 is 19.1 Å². The summed E-state index contributed by atoms with van der Waals surface area (Å²) >= 11 is 1.16. The van der Waals surface area contributed by atoms with E-state index < -0.39 is 17.9 Å². The Morgan fingerprint density at radius 3 is 2.95 bits per heavy atom. The van der Waals surface area contributed by atoms with Crippen LogP contribution in [0.15, 0.2) is 29.0 Å². The standard InChI is InChI=1S/C13H14N2O4S/c1-2-4-8(13(17)18)15-11(16)10-7-14-12(20-10)9-5-3-6-19-9/h3,5-8H,2,4H2,1H3,(H,15,16)(H,17,18). The topological polar surface area (TPSA) is 92.4 Å². The van der Waals surface area contributed by atoms with Crippen LogP contribution in [0.25, 0.3) is 10.8 Å². The predicted octanol–water partition coefficient (Wildman–Crippen LogP) is 2.39. The SMILES string of the molecule is CCCC(NC(=O)c1cnc(-c2ccco2)s1)C(=O)O. The Hall–Kier alpha value is -2.15. The van der Waals surface area contributed by atoms with Gasteiger partial charge in [-0.2, -0.15) is 0 Å². The minimum atomic E-state index is -1.03. The van der Waals surface area contributed by atoms with Gasteiger partial charge in [0.1, 0.15) is 10.9 Å². The van der Waals surface area contributed by atoms with Crippen LogP contribution in [0.1, 0.15) is 29.4 Å². The Morgan fingerprint density at radius 1 is 1.55 bits per heavy atom. The quantitative estimate of drug-likeness (QED) is 0.853. The zero-order chi connectivity index (χ0) is 14.5. The molecule has 0 saturated heterocycles. The van der Waals surface area contributed by atoms with Crippen molar-refractivity contribution in [2.24, 2.45) is 0 Å². The van der Waals surface area contributed by atoms with Gasteiger partial charge in [-0.1, -0.05) is 13.3 Å². The molecule has 0 aliphatic rings. The summed E-state index contributed by atoms with van der Waals surface area (Å²) in [6.45, 7) is 1.86. The number of thiazole rings is 1. The van der Waals surface area contributed by atoms with Crippen LogP contribution in [0.4, 0.5) is 0 Å². The van der Waals surface area contributed by atoms with E-state index in [1.165, 1.54) is 12.5 Å². The molecular weight excluding hydrogens is 280 g/mol. The summed E-state index contributed by atoms with van der Waals surface area (Å²) in [5.74, 6) is -0.880. The number of carbonyl (C=O) groups excluding carboxylic acids is 1. The van der Waals surface area contributed by atoms with Crippen molar-refractivity contribution in [1.82, 2.24) is 10.3 Å². The minimum absolute atomic E-state index is 0.360. The maximum atomic E-state index is 12.0. The van der Waals surface area contributed by atoms with Crippen molar-refractivity contribution in [3.8, 4) is 10.8 Å². The number of carbonyl (C=O) groups is 2. The Morgan fingerprint density at radius 2 is 2.35 bits per heavy atom. The molecule has 1 unspecified atom stereocenters. The smallest absolute Gasteiger partial charge is 0.326 e. The molecule has 2 aromatic rings. The lowest BCUT2D eigenvalue weighted by atomic mass is 10.1. The average molecular weight is 294 g/mol. The second-order valence-corrected chi connectivity index (χ2v) is 5.19. The zero-order valence-corrected chi connectivity index (χ0v) is 11.6. The molecule has 0 fully saturated rings. The fourth-order valence-corrected chi connectivity index (χ4v) is 2.46. The molecule has 2 heterocycles. The van der Waals surface area contributed by atoms with E-state index in [2.05, 4.69) is 10.3 Å². The van der Waals surface area contributed by atoms with E-state index in [-0.39, 0.29) is 0 Å². The van der Waals surface area contributed by atoms with Crippen LogP contribution in [0.5, 0.6) is 0 Å². The molecule has 0 aromatic carbocycles. The number of aliphatic carboxylic acids is 1. The van der Waals surface area contributed by atoms with E-state index >= 15 is 0 Å². The number of rotatable bonds is 6. The van der Waals surface area contributed by atoms with Crippen molar-refractivity contribution >= 4 is 23.2 Å². The third kappa shape index (κ3) is 3.24. The second-order valence-electron chi connectivity index (χ2n) is 4.16. The molecule has 1 atom stereocenters. The molecule has 7 heteroatoms. The first kappa shape index (κ1) is 14.3. The number of amides is 1. The largest absolute Gasteiger partial charge is 0.480 e. The Kier molecular flexibility index (Phi) is 4.52. The second kappa shape index (κ2) is 6.33. The molecule has 2 N–H and O–H groups in total. The maximum absolute atomic E-state index is 12.0. The summed E-state index contributed by atoms with van der Waals surface area (Å²) in [5, 5.41) is 12.1. The number of hydrogen-bond donors (Lipinski definition) is 2. The molecule has 0 aliphatic carbocycles. The van der Waals surface area contributed by atoms with Gasteiger partial charge in [-0.15, -0.1) is 11.3 Å². The lowest BCUT2D eigenvalue weighted by Gasteiger charge is -2.12. The fraction of sp³-hybridized carbons (Fsp3) is 0.308. The number of furan rings is 1. The highest BCUT2D eigenvalue weighted by atomic mass is 32.1. The van der Waals surface area contributed by atoms with Crippen LogP contribution in [-0.4, -0.2) is 28.0 Å². The van der Waals surface area contributed by atoms with Crippen molar-refractivity contribution in [2.75, 3.05) is 0 Å². The number of carboxylic acid groups (broad SMARTS) is 1. The van der Waals surface area contributed by atoms with Crippen LogP contribution >= 0.6 is 11.3 Å². The number of nitrogens with zero attached hydrogens (tertiary/aromatic N) is 1. The van der Waals surface area contributed by atoms with E-state index in [9.17, 15) is 9.59 Å². The molecule has 2 rings (SSSR count). The molecule has 20 heavy (non-hydrogen) atoms. The summed E-state index contributed by atoms with van der Waals surface area (Å²) in [7, 11) is 0. The van der Waals surface area contributed by atoms with Gasteiger partial charge in [0.2, 0.25) is 0 Å². The summed E-state index contributed by atoms with van der Waals surface area (Å²) < 4.78 is 5.19. The monoisotopic (exact) mass is 294 g/mol. The molecule has 6 nitrogen and oxygen atoms in total. The molecule has 0 radical (unpaired) electrons. The number of carboxylic acids is 1. The van der Waals surface area contributed by atoms with Gasteiger partial charge in [0.05, 0.1) is 12.5 Å². The van der Waals surface area contributed by atoms with Crippen LogP contribution in [-0.2, 0) is 4.79 Å². The summed E-state index contributed by atoms with van der Waals surface area (Å²) in [6, 6.07) is 2.61. The minimum Gasteiger partial charge on any atom is -0.480 e. The zero-order valence-electron chi connectivity index (χ0n) is 10.8. The molecule has 0 saturated carbocycles. The van der Waals surface area contributed by atoms with E-state index in [1.54, 1.807) is 12.1 Å². The summed E-state index contributed by atoms with van der Waals surface area (Å²) in [5.41, 5.74) is 0. The van der Waals surface area contributed by atoms with E-state index in [0.29, 0.717) is 28.5 Å². The molecule has 0 aliphatic heterocycles. The van der Waals surface area contributed by atoms with Gasteiger partial charge in [-0.25, -0.2) is 9.78 Å². The number of aromatic nitrogens is 1. The molecule has 1 amide bonds. The predicted molar refractivity (Wildman–Crippen MR) is 73.6 cm³/mol. The van der Waals surface area contributed by atoms with Gasteiger partial charge in [0, 0.05) is 0 Å². The van der Waals surface area contributed by atoms with Crippen molar-refractivity contribution in [2.45, 2.75) is 25.8 Å². The Balaban J connectivity index is 2.08. The van der Waals surface area contributed by atoms with Crippen molar-refractivity contribution in [3.05, 3.63) is 29.5 Å². The first-order valence-corrected chi connectivity index (χ1v) is 6.96. The van der Waals surface area contributed by atoms with Crippen LogP contribution in [0.3, 0.4) is 0 Å². The maximum Gasteiger partial charge on any atom is 0.326 e. The highest BCUT2D eigenvalue weighted by Gasteiger charge is 2.21. The van der Waals surface area contributed by atoms with Crippen molar-refractivity contribution in [3.63, 3.8) is 0 Å². The third-order valence-corrected chi connectivity index (χ3v) is 3.65. The van der Waals surface area contributed by atoms with Gasteiger partial charge < -0.3 is 14.8 Å². The van der Waals surface area contributed by atoms with Gasteiger partial charge in [-0.3, -0.25) is 4.79 Å². The molecule has 106 valence electrons. The summed E-state index contributed by atoms with van der Waals surface area (Å²) in [4.78, 5) is 27.4. The lowest BCUT2D eigenvalue weighted by Crippen LogP contribution is -2.40. The Labute approximate surface area is 119 Å². The van der Waals surface area contributed by atoms with Crippen LogP contribution in [0.2, 0.25) is 0 Å². The highest BCUT2D eigenvalue weighted by molar-refractivity contribution is 7.16. The van der Waals surface area contributed by atoms with E-state index in [4.69, 9.17) is 9.52 Å². The first-order valence-electron chi connectivity index (χ1n) is 6.15. The highest BCUT2D eigenvalue weighted by Crippen LogP contribution is 2.25. The number of hydrogen-bond acceptors (Lipinski definition) is 5. The van der Waals surface area contributed by atoms with Gasteiger partial charge in [-0.05, 0) is 18.6 Å². The fourth-order valence-electron chi connectivity index (χ4n) is 1.67. The molecule has 0 spiro atoms. The number of nitrogens with one attached hydrogen (secondary N) is 1. The van der Waals surface area contributed by atoms with Gasteiger partial charge in [0.15, 0.2) is 10.8 Å². The third-order valence-electron chi connectivity index (χ3n) is 2.64.